The Kier molecular flexibility index (Phi) is 6.62. The van der Waals surface area contributed by atoms with Gasteiger partial charge in [-0.2, -0.15) is 0 Å². The molecule has 1 heterocycles. The highest BCUT2D eigenvalue weighted by atomic mass is 35.5. The molecule has 1 aliphatic rings. The first-order chi connectivity index (χ1) is 9.39. The van der Waals surface area contributed by atoms with Gasteiger partial charge in [-0.15, -0.1) is 12.4 Å². The van der Waals surface area contributed by atoms with Gasteiger partial charge in [-0.05, 0) is 18.4 Å². The average molecular weight is 335 g/mol. The van der Waals surface area contributed by atoms with Crippen LogP contribution in [0.25, 0.3) is 0 Å². The molecule has 0 bridgehead atoms. The highest BCUT2D eigenvalue weighted by molar-refractivity contribution is 7.88. The number of sulfonamides is 1. The Morgan fingerprint density at radius 3 is 2.33 bits per heavy atom. The molecule has 5 nitrogen and oxygen atoms in total. The van der Waals surface area contributed by atoms with E-state index in [4.69, 9.17) is 10.5 Å². The van der Waals surface area contributed by atoms with Gasteiger partial charge in [-0.25, -0.2) is 12.7 Å². The third-order valence-electron chi connectivity index (χ3n) is 3.69. The number of piperidine rings is 1. The minimum Gasteiger partial charge on any atom is -0.375 e. The Morgan fingerprint density at radius 1 is 1.24 bits per heavy atom. The first-order valence-electron chi connectivity index (χ1n) is 6.75. The molecular weight excluding hydrogens is 312 g/mol. The fourth-order valence-corrected chi connectivity index (χ4v) is 3.20. The van der Waals surface area contributed by atoms with E-state index in [0.29, 0.717) is 39.1 Å². The molecule has 0 amide bonds. The van der Waals surface area contributed by atoms with E-state index in [0.717, 1.165) is 5.56 Å². The maximum atomic E-state index is 11.5. The van der Waals surface area contributed by atoms with Crippen LogP contribution in [0.2, 0.25) is 0 Å². The fraction of sp³-hybridized carbons (Fsp3) is 0.571. The Labute approximate surface area is 132 Å². The third kappa shape index (κ3) is 5.56. The van der Waals surface area contributed by atoms with Gasteiger partial charge >= 0.3 is 0 Å². The second kappa shape index (κ2) is 7.56. The number of hydrogen-bond donors (Lipinski definition) is 1. The standard InChI is InChI=1S/C14H22N2O3S.ClH/c1-20(17,18)16-9-7-14(15,8-10-16)12-19-11-13-5-3-2-4-6-13;/h2-6H,7-12,15H2,1H3;1H. The van der Waals surface area contributed by atoms with Crippen LogP contribution in [0.3, 0.4) is 0 Å². The van der Waals surface area contributed by atoms with Gasteiger partial charge in [0.05, 0.1) is 19.5 Å². The largest absolute Gasteiger partial charge is 0.375 e. The predicted molar refractivity (Wildman–Crippen MR) is 85.9 cm³/mol. The SMILES string of the molecule is CS(=O)(=O)N1CCC(N)(COCc2ccccc2)CC1.Cl. The van der Waals surface area contributed by atoms with E-state index in [1.807, 2.05) is 30.3 Å². The molecule has 1 fully saturated rings. The van der Waals surface area contributed by atoms with Gasteiger partial charge in [0.25, 0.3) is 0 Å². The summed E-state index contributed by atoms with van der Waals surface area (Å²) in [4.78, 5) is 0. The van der Waals surface area contributed by atoms with Crippen LogP contribution in [-0.4, -0.2) is 44.2 Å². The lowest BCUT2D eigenvalue weighted by Crippen LogP contribution is -2.54. The number of nitrogens with two attached hydrogens (primary N) is 1. The molecule has 1 saturated heterocycles. The first-order valence-corrected chi connectivity index (χ1v) is 8.60. The summed E-state index contributed by atoms with van der Waals surface area (Å²) in [5.74, 6) is 0. The van der Waals surface area contributed by atoms with Crippen molar-refractivity contribution in [1.82, 2.24) is 4.31 Å². The molecule has 0 atom stereocenters. The topological polar surface area (TPSA) is 72.6 Å². The average Bonchev–Trinajstić information content (AvgIpc) is 2.39. The highest BCUT2D eigenvalue weighted by Crippen LogP contribution is 2.22. The van der Waals surface area contributed by atoms with Crippen molar-refractivity contribution in [3.63, 3.8) is 0 Å². The molecule has 0 aromatic heterocycles. The Morgan fingerprint density at radius 2 is 1.81 bits per heavy atom. The molecule has 2 rings (SSSR count). The minimum absolute atomic E-state index is 0. The molecule has 0 unspecified atom stereocenters. The summed E-state index contributed by atoms with van der Waals surface area (Å²) in [6.07, 6.45) is 2.51. The lowest BCUT2D eigenvalue weighted by atomic mass is 9.90. The highest BCUT2D eigenvalue weighted by Gasteiger charge is 2.33. The normalized spacial score (nSPS) is 19.0. The molecule has 0 saturated carbocycles. The molecule has 0 spiro atoms. The lowest BCUT2D eigenvalue weighted by Gasteiger charge is -2.37. The molecule has 7 heteroatoms. The maximum absolute atomic E-state index is 11.5. The zero-order valence-corrected chi connectivity index (χ0v) is 13.8. The van der Waals surface area contributed by atoms with Crippen LogP contribution in [0.5, 0.6) is 0 Å². The van der Waals surface area contributed by atoms with Crippen molar-refractivity contribution in [2.45, 2.75) is 25.0 Å². The van der Waals surface area contributed by atoms with Crippen LogP contribution in [0, 0.1) is 0 Å². The number of benzene rings is 1. The predicted octanol–water partition coefficient (Wildman–Crippen LogP) is 1.38. The first kappa shape index (κ1) is 18.4. The Balaban J connectivity index is 0.00000220. The van der Waals surface area contributed by atoms with Gasteiger partial charge in [0.15, 0.2) is 0 Å². The van der Waals surface area contributed by atoms with Crippen LogP contribution >= 0.6 is 12.4 Å². The number of rotatable bonds is 5. The summed E-state index contributed by atoms with van der Waals surface area (Å²) in [6, 6.07) is 9.93. The maximum Gasteiger partial charge on any atom is 0.211 e. The van der Waals surface area contributed by atoms with Crippen molar-refractivity contribution >= 4 is 22.4 Å². The number of nitrogens with zero attached hydrogens (tertiary/aromatic N) is 1. The summed E-state index contributed by atoms with van der Waals surface area (Å²) in [5, 5.41) is 0. The summed E-state index contributed by atoms with van der Waals surface area (Å²) in [7, 11) is -3.10. The van der Waals surface area contributed by atoms with Gasteiger partial charge in [0, 0.05) is 18.6 Å². The van der Waals surface area contributed by atoms with E-state index in [1.165, 1.54) is 10.6 Å². The summed E-state index contributed by atoms with van der Waals surface area (Å²) < 4.78 is 30.1. The van der Waals surface area contributed by atoms with Crippen LogP contribution in [0.4, 0.5) is 0 Å². The van der Waals surface area contributed by atoms with Crippen LogP contribution in [0.1, 0.15) is 18.4 Å². The van der Waals surface area contributed by atoms with E-state index in [9.17, 15) is 8.42 Å². The zero-order chi connectivity index (χ0) is 14.6. The van der Waals surface area contributed by atoms with E-state index in [-0.39, 0.29) is 12.4 Å². The molecular formula is C14H23ClN2O3S. The Bertz CT molecular complexity index is 528. The summed E-state index contributed by atoms with van der Waals surface area (Å²) in [5.41, 5.74) is 6.98. The van der Waals surface area contributed by atoms with E-state index in [1.54, 1.807) is 0 Å². The number of ether oxygens (including phenoxy) is 1. The lowest BCUT2D eigenvalue weighted by molar-refractivity contribution is 0.0520. The van der Waals surface area contributed by atoms with Crippen LogP contribution in [0.15, 0.2) is 30.3 Å². The molecule has 2 N–H and O–H groups in total. The fourth-order valence-electron chi connectivity index (χ4n) is 2.35. The van der Waals surface area contributed by atoms with Gasteiger partial charge in [-0.1, -0.05) is 30.3 Å². The van der Waals surface area contributed by atoms with Crippen molar-refractivity contribution in [3.05, 3.63) is 35.9 Å². The smallest absolute Gasteiger partial charge is 0.211 e. The van der Waals surface area contributed by atoms with Crippen molar-refractivity contribution in [2.24, 2.45) is 5.73 Å². The van der Waals surface area contributed by atoms with Crippen LogP contribution < -0.4 is 5.73 Å². The van der Waals surface area contributed by atoms with Crippen molar-refractivity contribution in [3.8, 4) is 0 Å². The van der Waals surface area contributed by atoms with E-state index in [2.05, 4.69) is 0 Å². The minimum atomic E-state index is -3.10. The molecule has 1 aliphatic heterocycles. The van der Waals surface area contributed by atoms with Gasteiger partial charge in [-0.3, -0.25) is 0 Å². The molecule has 1 aromatic carbocycles. The quantitative estimate of drug-likeness (QED) is 0.883. The molecule has 21 heavy (non-hydrogen) atoms. The van der Waals surface area contributed by atoms with Crippen molar-refractivity contribution < 1.29 is 13.2 Å². The van der Waals surface area contributed by atoms with Crippen LogP contribution in [-0.2, 0) is 21.4 Å². The molecule has 0 aliphatic carbocycles. The summed E-state index contributed by atoms with van der Waals surface area (Å²) >= 11 is 0. The molecule has 120 valence electrons. The van der Waals surface area contributed by atoms with Crippen molar-refractivity contribution in [1.29, 1.82) is 0 Å². The monoisotopic (exact) mass is 334 g/mol. The second-order valence-corrected chi connectivity index (χ2v) is 7.49. The number of hydrogen-bond acceptors (Lipinski definition) is 4. The van der Waals surface area contributed by atoms with Gasteiger partial charge in [0.1, 0.15) is 0 Å². The van der Waals surface area contributed by atoms with E-state index >= 15 is 0 Å². The van der Waals surface area contributed by atoms with Gasteiger partial charge < -0.3 is 10.5 Å². The zero-order valence-electron chi connectivity index (χ0n) is 12.2. The molecule has 0 radical (unpaired) electrons. The molecule has 1 aromatic rings. The Hall–Kier alpha value is -0.660. The summed E-state index contributed by atoms with van der Waals surface area (Å²) in [6.45, 7) is 1.95. The second-order valence-electron chi connectivity index (χ2n) is 5.50. The van der Waals surface area contributed by atoms with Gasteiger partial charge in [0.2, 0.25) is 10.0 Å². The van der Waals surface area contributed by atoms with E-state index < -0.39 is 15.6 Å². The number of halogens is 1. The third-order valence-corrected chi connectivity index (χ3v) is 4.99. The van der Waals surface area contributed by atoms with Crippen molar-refractivity contribution in [2.75, 3.05) is 26.0 Å².